The Morgan fingerprint density at radius 2 is 1.95 bits per heavy atom. The summed E-state index contributed by atoms with van der Waals surface area (Å²) in [6, 6.07) is 0.792. The Bertz CT molecular complexity index is 443. The van der Waals surface area contributed by atoms with Gasteiger partial charge in [-0.3, -0.25) is 4.99 Å². The lowest BCUT2D eigenvalue weighted by molar-refractivity contribution is -0.176. The zero-order chi connectivity index (χ0) is 15.3. The zero-order valence-corrected chi connectivity index (χ0v) is 16.6. The highest BCUT2D eigenvalue weighted by molar-refractivity contribution is 14.0. The molecule has 2 aliphatic heterocycles. The van der Waals surface area contributed by atoms with Gasteiger partial charge in [0.1, 0.15) is 0 Å². The Morgan fingerprint density at radius 3 is 2.41 bits per heavy atom. The number of aliphatic imine (C=N–C) groups is 1. The van der Waals surface area contributed by atoms with Gasteiger partial charge in [-0.2, -0.15) is 0 Å². The summed E-state index contributed by atoms with van der Waals surface area (Å²) in [4.78, 5) is 4.39. The fourth-order valence-electron chi connectivity index (χ4n) is 4.02. The molecule has 0 radical (unpaired) electrons. The standard InChI is InChI=1S/C16H29N3O2.HI/c1-15(2)13(9-16(15,3)20-5)19-14(17-4)18-11-8-10-6-7-12(11)21-10;/h10-13H,6-9H2,1-5H3,(H2,17,18,19);1H. The van der Waals surface area contributed by atoms with Crippen molar-refractivity contribution in [1.82, 2.24) is 10.6 Å². The Hall–Kier alpha value is -0.0800. The molecule has 0 spiro atoms. The molecule has 2 bridgehead atoms. The summed E-state index contributed by atoms with van der Waals surface area (Å²) in [5.41, 5.74) is 0.0314. The number of hydrogen-bond acceptors (Lipinski definition) is 3. The van der Waals surface area contributed by atoms with E-state index in [1.54, 1.807) is 7.11 Å². The summed E-state index contributed by atoms with van der Waals surface area (Å²) < 4.78 is 11.6. The van der Waals surface area contributed by atoms with Crippen molar-refractivity contribution >= 4 is 29.9 Å². The number of ether oxygens (including phenoxy) is 2. The molecule has 1 aliphatic carbocycles. The average molecular weight is 423 g/mol. The molecule has 22 heavy (non-hydrogen) atoms. The zero-order valence-electron chi connectivity index (χ0n) is 14.3. The largest absolute Gasteiger partial charge is 0.378 e. The molecule has 3 fully saturated rings. The number of methoxy groups -OCH3 is 1. The van der Waals surface area contributed by atoms with Crippen LogP contribution in [0.4, 0.5) is 0 Å². The predicted molar refractivity (Wildman–Crippen MR) is 98.9 cm³/mol. The molecule has 0 aromatic carbocycles. The second-order valence-electron chi connectivity index (χ2n) is 7.49. The molecule has 2 heterocycles. The molecule has 0 aromatic rings. The first kappa shape index (κ1) is 18.3. The number of nitrogens with one attached hydrogen (secondary N) is 2. The second-order valence-corrected chi connectivity index (χ2v) is 7.49. The van der Waals surface area contributed by atoms with Crippen LogP contribution in [0.15, 0.2) is 4.99 Å². The van der Waals surface area contributed by atoms with Crippen LogP contribution in [-0.2, 0) is 9.47 Å². The summed E-state index contributed by atoms with van der Waals surface area (Å²) in [5, 5.41) is 7.12. The third-order valence-corrected chi connectivity index (χ3v) is 6.24. The lowest BCUT2D eigenvalue weighted by atomic mass is 9.56. The smallest absolute Gasteiger partial charge is 0.191 e. The maximum Gasteiger partial charge on any atom is 0.191 e. The molecule has 0 amide bonds. The molecule has 3 aliphatic rings. The molecule has 0 aromatic heterocycles. The van der Waals surface area contributed by atoms with Crippen molar-refractivity contribution in [2.24, 2.45) is 10.4 Å². The van der Waals surface area contributed by atoms with Crippen molar-refractivity contribution in [1.29, 1.82) is 0 Å². The molecule has 2 N–H and O–H groups in total. The van der Waals surface area contributed by atoms with Crippen LogP contribution in [0.1, 0.15) is 46.5 Å². The first-order chi connectivity index (χ1) is 9.89. The Labute approximate surface area is 151 Å². The van der Waals surface area contributed by atoms with E-state index in [2.05, 4.69) is 36.4 Å². The van der Waals surface area contributed by atoms with E-state index in [9.17, 15) is 0 Å². The van der Waals surface area contributed by atoms with E-state index >= 15 is 0 Å². The van der Waals surface area contributed by atoms with Gasteiger partial charge in [0.05, 0.1) is 23.9 Å². The van der Waals surface area contributed by atoms with Crippen molar-refractivity contribution < 1.29 is 9.47 Å². The number of fused-ring (bicyclic) bond motifs is 2. The quantitative estimate of drug-likeness (QED) is 0.416. The monoisotopic (exact) mass is 423 g/mol. The van der Waals surface area contributed by atoms with Crippen molar-refractivity contribution in [2.75, 3.05) is 14.2 Å². The van der Waals surface area contributed by atoms with Crippen LogP contribution >= 0.6 is 24.0 Å². The van der Waals surface area contributed by atoms with E-state index in [1.165, 1.54) is 12.8 Å². The van der Waals surface area contributed by atoms with Crippen molar-refractivity contribution in [3.05, 3.63) is 0 Å². The van der Waals surface area contributed by atoms with Crippen LogP contribution in [0, 0.1) is 5.41 Å². The molecular weight excluding hydrogens is 393 g/mol. The molecule has 1 saturated carbocycles. The van der Waals surface area contributed by atoms with Gasteiger partial charge in [0, 0.05) is 25.6 Å². The number of rotatable bonds is 3. The molecule has 6 heteroatoms. The second kappa shape index (κ2) is 6.43. The van der Waals surface area contributed by atoms with Crippen molar-refractivity contribution in [3.8, 4) is 0 Å². The lowest BCUT2D eigenvalue weighted by Gasteiger charge is -2.59. The summed E-state index contributed by atoms with van der Waals surface area (Å²) in [6.07, 6.45) is 5.33. The SMILES string of the molecule is CN=C(NC1CC2CCC1O2)NC1CC(C)(OC)C1(C)C.I. The van der Waals surface area contributed by atoms with Gasteiger partial charge < -0.3 is 20.1 Å². The van der Waals surface area contributed by atoms with Gasteiger partial charge in [0.15, 0.2) is 5.96 Å². The molecule has 2 saturated heterocycles. The molecule has 3 rings (SSSR count). The average Bonchev–Trinajstić information content (AvgIpc) is 3.07. The minimum Gasteiger partial charge on any atom is -0.378 e. The molecule has 5 atom stereocenters. The van der Waals surface area contributed by atoms with Crippen LogP contribution in [0.5, 0.6) is 0 Å². The van der Waals surface area contributed by atoms with Crippen molar-refractivity contribution in [2.45, 2.75) is 76.3 Å². The third-order valence-electron chi connectivity index (χ3n) is 6.24. The van der Waals surface area contributed by atoms with Gasteiger partial charge in [-0.05, 0) is 32.6 Å². The van der Waals surface area contributed by atoms with Gasteiger partial charge in [-0.15, -0.1) is 24.0 Å². The normalized spacial score (nSPS) is 42.5. The number of nitrogens with zero attached hydrogens (tertiary/aromatic N) is 1. The maximum absolute atomic E-state index is 5.90. The van der Waals surface area contributed by atoms with Crippen LogP contribution < -0.4 is 10.6 Å². The lowest BCUT2D eigenvalue weighted by Crippen LogP contribution is -2.70. The van der Waals surface area contributed by atoms with Gasteiger partial charge >= 0.3 is 0 Å². The first-order valence-electron chi connectivity index (χ1n) is 8.10. The van der Waals surface area contributed by atoms with Gasteiger partial charge in [0.2, 0.25) is 0 Å². The van der Waals surface area contributed by atoms with Gasteiger partial charge in [0.25, 0.3) is 0 Å². The minimum absolute atomic E-state index is 0. The Kier molecular flexibility index (Phi) is 5.34. The highest BCUT2D eigenvalue weighted by atomic mass is 127. The first-order valence-corrected chi connectivity index (χ1v) is 8.10. The van der Waals surface area contributed by atoms with E-state index in [-0.39, 0.29) is 35.0 Å². The number of hydrogen-bond donors (Lipinski definition) is 2. The molecule has 5 nitrogen and oxygen atoms in total. The van der Waals surface area contributed by atoms with E-state index in [4.69, 9.17) is 9.47 Å². The number of guanidine groups is 1. The van der Waals surface area contributed by atoms with Crippen LogP contribution in [0.3, 0.4) is 0 Å². The van der Waals surface area contributed by atoms with Crippen LogP contribution in [0.25, 0.3) is 0 Å². The Morgan fingerprint density at radius 1 is 1.23 bits per heavy atom. The highest BCUT2D eigenvalue weighted by Gasteiger charge is 2.58. The molecule has 5 unspecified atom stereocenters. The van der Waals surface area contributed by atoms with Crippen LogP contribution in [0.2, 0.25) is 0 Å². The molecule has 128 valence electrons. The van der Waals surface area contributed by atoms with E-state index in [1.807, 2.05) is 7.05 Å². The van der Waals surface area contributed by atoms with Gasteiger partial charge in [-0.25, -0.2) is 0 Å². The number of halogens is 1. The maximum atomic E-state index is 5.90. The third kappa shape index (κ3) is 2.86. The fraction of sp³-hybridized carbons (Fsp3) is 0.938. The highest BCUT2D eigenvalue weighted by Crippen LogP contribution is 2.51. The topological polar surface area (TPSA) is 54.9 Å². The van der Waals surface area contributed by atoms with E-state index in [0.29, 0.717) is 24.3 Å². The van der Waals surface area contributed by atoms with Crippen molar-refractivity contribution in [3.63, 3.8) is 0 Å². The fourth-order valence-corrected chi connectivity index (χ4v) is 4.02. The summed E-state index contributed by atoms with van der Waals surface area (Å²) in [6.45, 7) is 6.70. The van der Waals surface area contributed by atoms with Gasteiger partial charge in [-0.1, -0.05) is 13.8 Å². The minimum atomic E-state index is -0.0565. The van der Waals surface area contributed by atoms with E-state index in [0.717, 1.165) is 18.8 Å². The summed E-state index contributed by atoms with van der Waals surface area (Å²) in [7, 11) is 3.64. The predicted octanol–water partition coefficient (Wildman–Crippen LogP) is 2.29. The Balaban J connectivity index is 0.00000176. The van der Waals surface area contributed by atoms with Crippen LogP contribution in [-0.4, -0.2) is 50.0 Å². The molecular formula is C16H30IN3O2. The summed E-state index contributed by atoms with van der Waals surface area (Å²) >= 11 is 0. The van der Waals surface area contributed by atoms with E-state index < -0.39 is 0 Å². The summed E-state index contributed by atoms with van der Waals surface area (Å²) in [5.74, 6) is 0.896.